The van der Waals surface area contributed by atoms with E-state index in [9.17, 15) is 9.18 Å². The van der Waals surface area contributed by atoms with Crippen molar-refractivity contribution in [3.8, 4) is 5.75 Å². The van der Waals surface area contributed by atoms with Crippen LogP contribution in [-0.2, 0) is 11.4 Å². The first-order chi connectivity index (χ1) is 11.5. The smallest absolute Gasteiger partial charge is 0.244 e. The van der Waals surface area contributed by atoms with Crippen molar-refractivity contribution in [2.45, 2.75) is 37.8 Å². The minimum atomic E-state index is -0.756. The SMILES string of the molecule is NC1(C(=O)Nc2cccc(COc3cccc(F)c3)c2)CCCC1. The van der Waals surface area contributed by atoms with Gasteiger partial charge in [-0.1, -0.05) is 31.0 Å². The van der Waals surface area contributed by atoms with Gasteiger partial charge in [0.2, 0.25) is 5.91 Å². The summed E-state index contributed by atoms with van der Waals surface area (Å²) in [6.07, 6.45) is 3.43. The number of halogens is 1. The van der Waals surface area contributed by atoms with Crippen molar-refractivity contribution in [2.24, 2.45) is 5.73 Å². The minimum absolute atomic E-state index is 0.136. The Morgan fingerprint density at radius 2 is 1.92 bits per heavy atom. The monoisotopic (exact) mass is 328 g/mol. The van der Waals surface area contributed by atoms with Gasteiger partial charge in [-0.15, -0.1) is 0 Å². The summed E-state index contributed by atoms with van der Waals surface area (Å²) in [5, 5.41) is 2.89. The molecule has 0 saturated heterocycles. The lowest BCUT2D eigenvalue weighted by molar-refractivity contribution is -0.121. The molecule has 0 unspecified atom stereocenters. The molecule has 0 bridgehead atoms. The maximum Gasteiger partial charge on any atom is 0.244 e. The van der Waals surface area contributed by atoms with E-state index in [4.69, 9.17) is 10.5 Å². The van der Waals surface area contributed by atoms with Gasteiger partial charge in [0, 0.05) is 11.8 Å². The van der Waals surface area contributed by atoms with E-state index in [1.807, 2.05) is 24.3 Å². The standard InChI is InChI=1S/C19H21FN2O2/c20-15-6-4-8-17(12-15)24-13-14-5-3-7-16(11-14)22-18(23)19(21)9-1-2-10-19/h3-8,11-12H,1-2,9-10,13,21H2,(H,22,23). The molecule has 2 aromatic rings. The van der Waals surface area contributed by atoms with E-state index >= 15 is 0 Å². The van der Waals surface area contributed by atoms with Crippen molar-refractivity contribution >= 4 is 11.6 Å². The maximum atomic E-state index is 13.1. The van der Waals surface area contributed by atoms with Crippen molar-refractivity contribution in [2.75, 3.05) is 5.32 Å². The molecular formula is C19H21FN2O2. The quantitative estimate of drug-likeness (QED) is 0.881. The lowest BCUT2D eigenvalue weighted by Gasteiger charge is -2.22. The number of rotatable bonds is 5. The van der Waals surface area contributed by atoms with E-state index in [1.54, 1.807) is 12.1 Å². The zero-order valence-electron chi connectivity index (χ0n) is 13.4. The van der Waals surface area contributed by atoms with E-state index in [0.717, 1.165) is 31.2 Å². The number of anilines is 1. The van der Waals surface area contributed by atoms with Crippen LogP contribution in [0.5, 0.6) is 5.75 Å². The molecule has 0 aliphatic heterocycles. The maximum absolute atomic E-state index is 13.1. The van der Waals surface area contributed by atoms with Crippen LogP contribution in [0.1, 0.15) is 31.2 Å². The van der Waals surface area contributed by atoms with Crippen LogP contribution in [0.3, 0.4) is 0 Å². The molecule has 0 atom stereocenters. The Bertz CT molecular complexity index is 727. The van der Waals surface area contributed by atoms with Crippen LogP contribution in [0.25, 0.3) is 0 Å². The Morgan fingerprint density at radius 1 is 1.17 bits per heavy atom. The molecule has 126 valence electrons. The first-order valence-corrected chi connectivity index (χ1v) is 8.13. The summed E-state index contributed by atoms with van der Waals surface area (Å²) in [5.41, 5.74) is 6.98. The van der Waals surface area contributed by atoms with Crippen LogP contribution >= 0.6 is 0 Å². The predicted octanol–water partition coefficient (Wildman–Crippen LogP) is 3.61. The number of nitrogens with two attached hydrogens (primary N) is 1. The number of benzene rings is 2. The molecule has 3 rings (SSSR count). The van der Waals surface area contributed by atoms with Crippen LogP contribution in [-0.4, -0.2) is 11.4 Å². The van der Waals surface area contributed by atoms with Gasteiger partial charge in [0.1, 0.15) is 18.2 Å². The zero-order valence-corrected chi connectivity index (χ0v) is 13.4. The highest BCUT2D eigenvalue weighted by Crippen LogP contribution is 2.28. The fourth-order valence-corrected chi connectivity index (χ4v) is 2.95. The summed E-state index contributed by atoms with van der Waals surface area (Å²) in [7, 11) is 0. The normalized spacial score (nSPS) is 15.9. The third kappa shape index (κ3) is 3.92. The molecule has 1 saturated carbocycles. The summed E-state index contributed by atoms with van der Waals surface area (Å²) in [5.74, 6) is -0.00201. The van der Waals surface area contributed by atoms with Gasteiger partial charge in [-0.25, -0.2) is 4.39 Å². The molecule has 1 aliphatic carbocycles. The second kappa shape index (κ2) is 7.01. The number of carbonyl (C=O) groups excluding carboxylic acids is 1. The second-order valence-electron chi connectivity index (χ2n) is 6.26. The number of amides is 1. The van der Waals surface area contributed by atoms with Crippen LogP contribution < -0.4 is 15.8 Å². The molecule has 1 fully saturated rings. The lowest BCUT2D eigenvalue weighted by Crippen LogP contribution is -2.48. The molecule has 5 heteroatoms. The van der Waals surface area contributed by atoms with E-state index in [0.29, 0.717) is 18.0 Å². The van der Waals surface area contributed by atoms with Gasteiger partial charge >= 0.3 is 0 Å². The summed E-state index contributed by atoms with van der Waals surface area (Å²) in [6, 6.07) is 13.4. The number of nitrogens with one attached hydrogen (secondary N) is 1. The van der Waals surface area contributed by atoms with E-state index in [1.165, 1.54) is 12.1 Å². The van der Waals surface area contributed by atoms with Crippen molar-refractivity contribution in [3.05, 3.63) is 59.9 Å². The zero-order chi connectivity index (χ0) is 17.0. The highest BCUT2D eigenvalue weighted by molar-refractivity contribution is 5.98. The van der Waals surface area contributed by atoms with Crippen LogP contribution in [0.15, 0.2) is 48.5 Å². The first-order valence-electron chi connectivity index (χ1n) is 8.13. The minimum Gasteiger partial charge on any atom is -0.489 e. The van der Waals surface area contributed by atoms with Crippen LogP contribution in [0.4, 0.5) is 10.1 Å². The molecule has 4 nitrogen and oxygen atoms in total. The molecular weight excluding hydrogens is 307 g/mol. The molecule has 0 aromatic heterocycles. The van der Waals surface area contributed by atoms with Crippen molar-refractivity contribution in [3.63, 3.8) is 0 Å². The average molecular weight is 328 g/mol. The summed E-state index contributed by atoms with van der Waals surface area (Å²) in [6.45, 7) is 0.293. The predicted molar refractivity (Wildman–Crippen MR) is 91.2 cm³/mol. The highest BCUT2D eigenvalue weighted by Gasteiger charge is 2.36. The molecule has 0 spiro atoms. The third-order valence-electron chi connectivity index (χ3n) is 4.33. The topological polar surface area (TPSA) is 64.4 Å². The van der Waals surface area contributed by atoms with Gasteiger partial charge in [0.15, 0.2) is 0 Å². The van der Waals surface area contributed by atoms with Gasteiger partial charge in [0.25, 0.3) is 0 Å². The number of ether oxygens (including phenoxy) is 1. The fraction of sp³-hybridized carbons (Fsp3) is 0.316. The molecule has 0 radical (unpaired) electrons. The van der Waals surface area contributed by atoms with Crippen molar-refractivity contribution in [1.82, 2.24) is 0 Å². The van der Waals surface area contributed by atoms with Gasteiger partial charge in [-0.3, -0.25) is 4.79 Å². The Hall–Kier alpha value is -2.40. The Morgan fingerprint density at radius 3 is 2.67 bits per heavy atom. The van der Waals surface area contributed by atoms with Gasteiger partial charge in [0.05, 0.1) is 5.54 Å². The van der Waals surface area contributed by atoms with Crippen molar-refractivity contribution < 1.29 is 13.9 Å². The average Bonchev–Trinajstić information content (AvgIpc) is 3.02. The molecule has 3 N–H and O–H groups in total. The Balaban J connectivity index is 1.62. The van der Waals surface area contributed by atoms with E-state index < -0.39 is 5.54 Å². The summed E-state index contributed by atoms with van der Waals surface area (Å²) >= 11 is 0. The number of hydrogen-bond donors (Lipinski definition) is 2. The van der Waals surface area contributed by atoms with E-state index in [2.05, 4.69) is 5.32 Å². The summed E-state index contributed by atoms with van der Waals surface area (Å²) < 4.78 is 18.7. The van der Waals surface area contributed by atoms with Gasteiger partial charge in [-0.05, 0) is 42.7 Å². The molecule has 0 heterocycles. The summed E-state index contributed by atoms with van der Waals surface area (Å²) in [4.78, 5) is 12.4. The van der Waals surface area contributed by atoms with Gasteiger partial charge < -0.3 is 15.8 Å². The van der Waals surface area contributed by atoms with Gasteiger partial charge in [-0.2, -0.15) is 0 Å². The Kier molecular flexibility index (Phi) is 4.81. The Labute approximate surface area is 140 Å². The van der Waals surface area contributed by atoms with Crippen molar-refractivity contribution in [1.29, 1.82) is 0 Å². The largest absolute Gasteiger partial charge is 0.489 e. The first kappa shape index (κ1) is 16.5. The van der Waals surface area contributed by atoms with Crippen LogP contribution in [0, 0.1) is 5.82 Å². The number of carbonyl (C=O) groups is 1. The fourth-order valence-electron chi connectivity index (χ4n) is 2.95. The molecule has 1 amide bonds. The highest BCUT2D eigenvalue weighted by atomic mass is 19.1. The second-order valence-corrected chi connectivity index (χ2v) is 6.26. The third-order valence-corrected chi connectivity index (χ3v) is 4.33. The van der Waals surface area contributed by atoms with Crippen LogP contribution in [0.2, 0.25) is 0 Å². The molecule has 24 heavy (non-hydrogen) atoms. The lowest BCUT2D eigenvalue weighted by atomic mass is 9.98. The molecule has 2 aromatic carbocycles. The molecule has 1 aliphatic rings. The van der Waals surface area contributed by atoms with E-state index in [-0.39, 0.29) is 11.7 Å². The number of hydrogen-bond acceptors (Lipinski definition) is 3.